The van der Waals surface area contributed by atoms with Gasteiger partial charge in [-0.2, -0.15) is 0 Å². The van der Waals surface area contributed by atoms with Gasteiger partial charge in [0, 0.05) is 40.7 Å². The predicted molar refractivity (Wildman–Crippen MR) is 133 cm³/mol. The van der Waals surface area contributed by atoms with Crippen LogP contribution in [0.3, 0.4) is 0 Å². The van der Waals surface area contributed by atoms with Crippen molar-refractivity contribution < 1.29 is 14.3 Å². The Bertz CT molecular complexity index is 1300. The van der Waals surface area contributed by atoms with Gasteiger partial charge in [0.1, 0.15) is 0 Å². The van der Waals surface area contributed by atoms with Crippen molar-refractivity contribution in [2.24, 2.45) is 11.8 Å². The van der Waals surface area contributed by atoms with Gasteiger partial charge in [0.2, 0.25) is 11.8 Å². The summed E-state index contributed by atoms with van der Waals surface area (Å²) in [7, 11) is 0. The van der Waals surface area contributed by atoms with Crippen molar-refractivity contribution in [3.63, 3.8) is 0 Å². The topological polar surface area (TPSA) is 71.5 Å². The number of nitrogens with zero attached hydrogens (tertiary/aromatic N) is 2. The van der Waals surface area contributed by atoms with E-state index in [9.17, 15) is 9.59 Å². The van der Waals surface area contributed by atoms with Crippen LogP contribution in [-0.4, -0.2) is 47.0 Å². The number of fused-ring (bicyclic) bond motifs is 2. The first-order chi connectivity index (χ1) is 16.4. The number of pyridine rings is 1. The summed E-state index contributed by atoms with van der Waals surface area (Å²) in [4.78, 5) is 31.9. The van der Waals surface area contributed by atoms with Gasteiger partial charge in [0.05, 0.1) is 41.3 Å². The number of carbonyl (C=O) groups excluding carboxylic acids is 2. The number of benzene rings is 1. The number of ether oxygens (including phenoxy) is 1. The van der Waals surface area contributed by atoms with E-state index in [1.165, 1.54) is 10.5 Å². The van der Waals surface area contributed by atoms with E-state index in [4.69, 9.17) is 16.3 Å². The summed E-state index contributed by atoms with van der Waals surface area (Å²) in [6.07, 6.45) is 3.41. The molecule has 1 aromatic carbocycles. The number of rotatable bonds is 5. The first-order valence-electron chi connectivity index (χ1n) is 11.8. The van der Waals surface area contributed by atoms with Crippen molar-refractivity contribution >= 4 is 45.0 Å². The number of imide groups is 1. The molecule has 2 aliphatic heterocycles. The van der Waals surface area contributed by atoms with E-state index in [1.54, 1.807) is 11.3 Å². The highest BCUT2D eigenvalue weighted by Gasteiger charge is 2.58. The molecule has 4 unspecified atom stereocenters. The lowest BCUT2D eigenvalue weighted by Gasteiger charge is -2.31. The van der Waals surface area contributed by atoms with Crippen LogP contribution in [0.4, 0.5) is 0 Å². The quantitative estimate of drug-likeness (QED) is 0.533. The number of halogens is 1. The van der Waals surface area contributed by atoms with Crippen LogP contribution in [0.5, 0.6) is 0 Å². The lowest BCUT2D eigenvalue weighted by atomic mass is 9.90. The minimum atomic E-state index is -0.0774. The Balaban J connectivity index is 1.38. The highest BCUT2D eigenvalue weighted by molar-refractivity contribution is 7.19. The van der Waals surface area contributed by atoms with Crippen molar-refractivity contribution in [3.8, 4) is 11.1 Å². The monoisotopic (exact) mass is 495 g/mol. The lowest BCUT2D eigenvalue weighted by molar-refractivity contribution is -0.141. The summed E-state index contributed by atoms with van der Waals surface area (Å²) in [5.41, 5.74) is 5.38. The van der Waals surface area contributed by atoms with Crippen LogP contribution in [0.15, 0.2) is 30.5 Å². The standard InChI is InChI=1S/C26H26ClN3O3S/c1-13-7-15(27)8-19(18(13)11-23-14(2)28-5-6-33-23)17-3-4-29-22-9-16(34-24(17)22)12-30-25(31)20-10-21(20)26(30)32/h3-4,7-9,14,20-21,23,28H,5-6,10-12H2,1-2H3. The largest absolute Gasteiger partial charge is 0.375 e. The second-order valence-corrected chi connectivity index (χ2v) is 11.2. The Morgan fingerprint density at radius 1 is 1.21 bits per heavy atom. The Hall–Kier alpha value is -2.32. The van der Waals surface area contributed by atoms with Crippen molar-refractivity contribution in [1.29, 1.82) is 0 Å². The second-order valence-electron chi connectivity index (χ2n) is 9.60. The third-order valence-corrected chi connectivity index (χ3v) is 8.69. The molecule has 2 aromatic heterocycles. The fourth-order valence-corrected chi connectivity index (χ4v) is 6.74. The van der Waals surface area contributed by atoms with Crippen LogP contribution in [0.25, 0.3) is 21.3 Å². The van der Waals surface area contributed by atoms with E-state index >= 15 is 0 Å². The molecule has 4 heterocycles. The van der Waals surface area contributed by atoms with Crippen molar-refractivity contribution in [3.05, 3.63) is 51.5 Å². The molecule has 1 aliphatic carbocycles. The molecule has 3 aromatic rings. The molecule has 1 saturated carbocycles. The minimum absolute atomic E-state index is 0.0244. The van der Waals surface area contributed by atoms with Crippen molar-refractivity contribution in [2.45, 2.75) is 45.4 Å². The second kappa shape index (κ2) is 8.41. The number of aryl methyl sites for hydroxylation is 1. The molecule has 2 amide bonds. The Morgan fingerprint density at radius 3 is 2.76 bits per heavy atom. The first-order valence-corrected chi connectivity index (χ1v) is 13.0. The van der Waals surface area contributed by atoms with Crippen LogP contribution < -0.4 is 5.32 Å². The fraction of sp³-hybridized carbons (Fsp3) is 0.423. The van der Waals surface area contributed by atoms with Gasteiger partial charge in [0.25, 0.3) is 0 Å². The SMILES string of the molecule is Cc1cc(Cl)cc(-c2ccnc3cc(CN4C(=O)C5CC5C4=O)sc23)c1CC1OCCNC1C. The summed E-state index contributed by atoms with van der Waals surface area (Å²) >= 11 is 8.12. The summed E-state index contributed by atoms with van der Waals surface area (Å²) in [5.74, 6) is -0.204. The van der Waals surface area contributed by atoms with E-state index in [0.29, 0.717) is 18.2 Å². The van der Waals surface area contributed by atoms with Crippen LogP contribution in [0, 0.1) is 18.8 Å². The number of carbonyl (C=O) groups is 2. The van der Waals surface area contributed by atoms with Gasteiger partial charge in [-0.1, -0.05) is 11.6 Å². The number of hydrogen-bond donors (Lipinski definition) is 1. The molecular weight excluding hydrogens is 470 g/mol. The normalized spacial score (nSPS) is 26.4. The highest BCUT2D eigenvalue weighted by atomic mass is 35.5. The third-order valence-electron chi connectivity index (χ3n) is 7.33. The average molecular weight is 496 g/mol. The molecule has 34 heavy (non-hydrogen) atoms. The summed E-state index contributed by atoms with van der Waals surface area (Å²) in [5, 5.41) is 4.20. The molecular formula is C26H26ClN3O3S. The summed E-state index contributed by atoms with van der Waals surface area (Å²) < 4.78 is 7.14. The van der Waals surface area contributed by atoms with E-state index in [2.05, 4.69) is 24.1 Å². The fourth-order valence-electron chi connectivity index (χ4n) is 5.33. The molecule has 6 rings (SSSR count). The van der Waals surface area contributed by atoms with E-state index in [-0.39, 0.29) is 35.8 Å². The van der Waals surface area contributed by atoms with Gasteiger partial charge in [-0.15, -0.1) is 11.3 Å². The van der Waals surface area contributed by atoms with Gasteiger partial charge in [-0.05, 0) is 61.2 Å². The Morgan fingerprint density at radius 2 is 2.00 bits per heavy atom. The molecule has 1 N–H and O–H groups in total. The number of thiophene rings is 1. The number of amides is 2. The third kappa shape index (κ3) is 3.75. The summed E-state index contributed by atoms with van der Waals surface area (Å²) in [6, 6.07) is 8.34. The van der Waals surface area contributed by atoms with Gasteiger partial charge in [0.15, 0.2) is 0 Å². The number of nitrogens with one attached hydrogen (secondary N) is 1. The molecule has 0 bridgehead atoms. The van der Waals surface area contributed by atoms with Crippen molar-refractivity contribution in [1.82, 2.24) is 15.2 Å². The van der Waals surface area contributed by atoms with Crippen LogP contribution >= 0.6 is 22.9 Å². The molecule has 0 spiro atoms. The molecule has 0 radical (unpaired) electrons. The predicted octanol–water partition coefficient (Wildman–Crippen LogP) is 4.35. The molecule has 176 valence electrons. The highest BCUT2D eigenvalue weighted by Crippen LogP contribution is 2.48. The van der Waals surface area contributed by atoms with E-state index in [0.717, 1.165) is 51.2 Å². The molecule has 3 aliphatic rings. The number of likely N-dealkylation sites (tertiary alicyclic amines) is 1. The maximum atomic E-state index is 12.5. The van der Waals surface area contributed by atoms with Gasteiger partial charge >= 0.3 is 0 Å². The molecule has 2 saturated heterocycles. The Labute approximate surface area is 207 Å². The maximum absolute atomic E-state index is 12.5. The smallest absolute Gasteiger partial charge is 0.233 e. The van der Waals surface area contributed by atoms with Crippen LogP contribution in [0.1, 0.15) is 29.3 Å². The molecule has 6 nitrogen and oxygen atoms in total. The van der Waals surface area contributed by atoms with Gasteiger partial charge in [-0.25, -0.2) is 0 Å². The minimum Gasteiger partial charge on any atom is -0.375 e. The van der Waals surface area contributed by atoms with E-state index in [1.807, 2.05) is 30.5 Å². The number of hydrogen-bond acceptors (Lipinski definition) is 6. The molecule has 8 heteroatoms. The zero-order valence-corrected chi connectivity index (χ0v) is 20.7. The Kier molecular flexibility index (Phi) is 5.48. The molecule has 4 atom stereocenters. The van der Waals surface area contributed by atoms with E-state index < -0.39 is 0 Å². The number of piperidine rings is 1. The average Bonchev–Trinajstić information content (AvgIpc) is 3.45. The number of aromatic nitrogens is 1. The van der Waals surface area contributed by atoms with Crippen LogP contribution in [0.2, 0.25) is 5.02 Å². The number of morpholine rings is 1. The maximum Gasteiger partial charge on any atom is 0.233 e. The van der Waals surface area contributed by atoms with Gasteiger partial charge in [-0.3, -0.25) is 19.5 Å². The van der Waals surface area contributed by atoms with Crippen LogP contribution in [-0.2, 0) is 27.3 Å². The zero-order valence-electron chi connectivity index (χ0n) is 19.1. The zero-order chi connectivity index (χ0) is 23.6. The summed E-state index contributed by atoms with van der Waals surface area (Å²) in [6.45, 7) is 6.16. The first kappa shape index (κ1) is 22.2. The van der Waals surface area contributed by atoms with Crippen molar-refractivity contribution in [2.75, 3.05) is 13.2 Å². The lowest BCUT2D eigenvalue weighted by Crippen LogP contribution is -2.47. The molecule has 3 fully saturated rings. The van der Waals surface area contributed by atoms with Gasteiger partial charge < -0.3 is 10.1 Å².